The molecule has 0 radical (unpaired) electrons. The molecular formula is C22H28N4O2. The Morgan fingerprint density at radius 3 is 2.71 bits per heavy atom. The third-order valence-electron chi connectivity index (χ3n) is 5.63. The lowest BCUT2D eigenvalue weighted by Crippen LogP contribution is -2.53. The van der Waals surface area contributed by atoms with E-state index >= 15 is 0 Å². The minimum absolute atomic E-state index is 0.240. The van der Waals surface area contributed by atoms with Gasteiger partial charge in [0, 0.05) is 38.8 Å². The smallest absolute Gasteiger partial charge is 0.135 e. The molecule has 1 fully saturated rings. The highest BCUT2D eigenvalue weighted by molar-refractivity contribution is 5.73. The van der Waals surface area contributed by atoms with Gasteiger partial charge < -0.3 is 5.11 Å². The molecular weight excluding hydrogens is 352 g/mol. The topological polar surface area (TPSA) is 65.6 Å². The van der Waals surface area contributed by atoms with Gasteiger partial charge >= 0.3 is 0 Å². The van der Waals surface area contributed by atoms with Crippen molar-refractivity contribution >= 4 is 11.0 Å². The maximum atomic E-state index is 9.54. The number of aliphatic hydroxyl groups excluding tert-OH is 1. The highest BCUT2D eigenvalue weighted by atomic mass is 16.6. The second-order valence-corrected chi connectivity index (χ2v) is 7.61. The number of rotatable bonds is 8. The Hall–Kier alpha value is -2.28. The molecule has 0 bridgehead atoms. The van der Waals surface area contributed by atoms with E-state index in [0.717, 1.165) is 63.0 Å². The largest absolute Gasteiger partial charge is 0.396 e. The van der Waals surface area contributed by atoms with Crippen molar-refractivity contribution in [3.05, 3.63) is 59.7 Å². The first kappa shape index (κ1) is 19.1. The molecule has 0 unspecified atom stereocenters. The van der Waals surface area contributed by atoms with Crippen molar-refractivity contribution in [3.63, 3.8) is 0 Å². The van der Waals surface area contributed by atoms with Gasteiger partial charge in [-0.2, -0.15) is 0 Å². The van der Waals surface area contributed by atoms with Gasteiger partial charge in [0.2, 0.25) is 0 Å². The maximum absolute atomic E-state index is 9.54. The van der Waals surface area contributed by atoms with Gasteiger partial charge in [-0.25, -0.2) is 4.63 Å². The number of fused-ring (bicyclic) bond motifs is 1. The van der Waals surface area contributed by atoms with E-state index in [9.17, 15) is 5.11 Å². The van der Waals surface area contributed by atoms with Gasteiger partial charge in [0.15, 0.2) is 0 Å². The maximum Gasteiger partial charge on any atom is 0.135 e. The van der Waals surface area contributed by atoms with Crippen LogP contribution in [0, 0.1) is 0 Å². The third kappa shape index (κ3) is 4.76. The monoisotopic (exact) mass is 380 g/mol. The molecule has 0 aliphatic carbocycles. The summed E-state index contributed by atoms with van der Waals surface area (Å²) in [5.74, 6) is 0. The van der Waals surface area contributed by atoms with Crippen LogP contribution in [0.1, 0.15) is 24.0 Å². The standard InChI is InChI=1S/C22H28N4O2/c27-14-10-20-17-25(16-19-8-9-21-22(15-19)24-28-23-21)12-13-26(20)11-4-7-18-5-2-1-3-6-18/h1-3,5-6,8-9,15,20,27H,4,7,10-14,16-17H2/t20-/m0/s1. The minimum atomic E-state index is 0.240. The summed E-state index contributed by atoms with van der Waals surface area (Å²) in [6, 6.07) is 17.2. The van der Waals surface area contributed by atoms with Crippen LogP contribution in [0.15, 0.2) is 53.2 Å². The van der Waals surface area contributed by atoms with Crippen LogP contribution in [0.4, 0.5) is 0 Å². The van der Waals surface area contributed by atoms with Gasteiger partial charge in [0.05, 0.1) is 0 Å². The number of hydrogen-bond acceptors (Lipinski definition) is 6. The number of piperazine rings is 1. The van der Waals surface area contributed by atoms with Crippen LogP contribution in [0.5, 0.6) is 0 Å². The molecule has 3 aromatic rings. The van der Waals surface area contributed by atoms with Crippen molar-refractivity contribution in [1.29, 1.82) is 0 Å². The molecule has 2 heterocycles. The van der Waals surface area contributed by atoms with Crippen LogP contribution in [-0.4, -0.2) is 64.0 Å². The molecule has 1 N–H and O–H groups in total. The van der Waals surface area contributed by atoms with Crippen molar-refractivity contribution in [1.82, 2.24) is 20.1 Å². The molecule has 148 valence electrons. The lowest BCUT2D eigenvalue weighted by atomic mass is 10.1. The molecule has 4 rings (SSSR count). The molecule has 1 aliphatic heterocycles. The number of benzene rings is 2. The summed E-state index contributed by atoms with van der Waals surface area (Å²) in [5.41, 5.74) is 4.23. The zero-order valence-electron chi connectivity index (χ0n) is 16.2. The molecule has 1 aromatic heterocycles. The second kappa shape index (κ2) is 9.28. The summed E-state index contributed by atoms with van der Waals surface area (Å²) in [6.45, 7) is 5.30. The fourth-order valence-corrected chi connectivity index (χ4v) is 4.13. The van der Waals surface area contributed by atoms with Gasteiger partial charge in [-0.1, -0.05) is 36.4 Å². The molecule has 0 amide bonds. The van der Waals surface area contributed by atoms with E-state index in [1.807, 2.05) is 6.07 Å². The molecule has 6 nitrogen and oxygen atoms in total. The SMILES string of the molecule is OCC[C@H]1CN(Cc2ccc3nonc3c2)CCN1CCCc1ccccc1. The van der Waals surface area contributed by atoms with E-state index in [-0.39, 0.29) is 6.61 Å². The van der Waals surface area contributed by atoms with Crippen molar-refractivity contribution in [2.75, 3.05) is 32.8 Å². The quantitative estimate of drug-likeness (QED) is 0.648. The summed E-state index contributed by atoms with van der Waals surface area (Å²) < 4.78 is 4.79. The van der Waals surface area contributed by atoms with Gasteiger partial charge in [-0.15, -0.1) is 0 Å². The number of aryl methyl sites for hydroxylation is 1. The number of aromatic nitrogens is 2. The average molecular weight is 380 g/mol. The molecule has 6 heteroatoms. The number of aliphatic hydroxyl groups is 1. The van der Waals surface area contributed by atoms with Crippen LogP contribution in [-0.2, 0) is 13.0 Å². The lowest BCUT2D eigenvalue weighted by molar-refractivity contribution is 0.0547. The van der Waals surface area contributed by atoms with Gasteiger partial charge in [-0.05, 0) is 59.4 Å². The van der Waals surface area contributed by atoms with Gasteiger partial charge in [-0.3, -0.25) is 9.80 Å². The van der Waals surface area contributed by atoms with Crippen LogP contribution in [0.2, 0.25) is 0 Å². The summed E-state index contributed by atoms with van der Waals surface area (Å²) in [7, 11) is 0. The van der Waals surface area contributed by atoms with E-state index in [4.69, 9.17) is 4.63 Å². The molecule has 2 aromatic carbocycles. The Bertz CT molecular complexity index is 867. The second-order valence-electron chi connectivity index (χ2n) is 7.61. The molecule has 1 atom stereocenters. The highest BCUT2D eigenvalue weighted by Gasteiger charge is 2.26. The highest BCUT2D eigenvalue weighted by Crippen LogP contribution is 2.18. The Kier molecular flexibility index (Phi) is 6.31. The molecule has 28 heavy (non-hydrogen) atoms. The average Bonchev–Trinajstić information content (AvgIpc) is 3.18. The molecule has 1 saturated heterocycles. The first-order valence-electron chi connectivity index (χ1n) is 10.1. The Morgan fingerprint density at radius 2 is 1.86 bits per heavy atom. The van der Waals surface area contributed by atoms with Crippen molar-refractivity contribution in [3.8, 4) is 0 Å². The van der Waals surface area contributed by atoms with Crippen molar-refractivity contribution < 1.29 is 9.74 Å². The van der Waals surface area contributed by atoms with Crippen LogP contribution >= 0.6 is 0 Å². The fraction of sp³-hybridized carbons (Fsp3) is 0.455. The van der Waals surface area contributed by atoms with E-state index < -0.39 is 0 Å². The summed E-state index contributed by atoms with van der Waals surface area (Å²) in [5, 5.41) is 17.4. The molecule has 0 saturated carbocycles. The van der Waals surface area contributed by atoms with E-state index in [1.165, 1.54) is 11.1 Å². The Balaban J connectivity index is 1.31. The van der Waals surface area contributed by atoms with Crippen molar-refractivity contribution in [2.45, 2.75) is 31.8 Å². The summed E-state index contributed by atoms with van der Waals surface area (Å²) >= 11 is 0. The van der Waals surface area contributed by atoms with Crippen molar-refractivity contribution in [2.24, 2.45) is 0 Å². The van der Waals surface area contributed by atoms with Crippen LogP contribution < -0.4 is 0 Å². The zero-order chi connectivity index (χ0) is 19.2. The van der Waals surface area contributed by atoms with E-state index in [1.54, 1.807) is 0 Å². The summed E-state index contributed by atoms with van der Waals surface area (Å²) in [6.07, 6.45) is 3.09. The zero-order valence-corrected chi connectivity index (χ0v) is 16.2. The summed E-state index contributed by atoms with van der Waals surface area (Å²) in [4.78, 5) is 5.03. The molecule has 0 spiro atoms. The lowest BCUT2D eigenvalue weighted by Gasteiger charge is -2.41. The predicted octanol–water partition coefficient (Wildman–Crippen LogP) is 2.72. The van der Waals surface area contributed by atoms with E-state index in [0.29, 0.717) is 6.04 Å². The Morgan fingerprint density at radius 1 is 1.00 bits per heavy atom. The van der Waals surface area contributed by atoms with Crippen LogP contribution in [0.3, 0.4) is 0 Å². The number of nitrogens with zero attached hydrogens (tertiary/aromatic N) is 4. The Labute approximate surface area is 165 Å². The predicted molar refractivity (Wildman–Crippen MR) is 109 cm³/mol. The van der Waals surface area contributed by atoms with Gasteiger partial charge in [0.1, 0.15) is 11.0 Å². The first-order valence-corrected chi connectivity index (χ1v) is 10.1. The third-order valence-corrected chi connectivity index (χ3v) is 5.63. The normalized spacial score (nSPS) is 18.7. The first-order chi connectivity index (χ1) is 13.8. The van der Waals surface area contributed by atoms with Gasteiger partial charge in [0.25, 0.3) is 0 Å². The minimum Gasteiger partial charge on any atom is -0.396 e. The van der Waals surface area contributed by atoms with E-state index in [2.05, 4.69) is 62.6 Å². The number of hydrogen-bond donors (Lipinski definition) is 1. The fourth-order valence-electron chi connectivity index (χ4n) is 4.13. The molecule has 1 aliphatic rings. The van der Waals surface area contributed by atoms with Crippen LogP contribution in [0.25, 0.3) is 11.0 Å².